The number of benzene rings is 1. The summed E-state index contributed by atoms with van der Waals surface area (Å²) in [6.45, 7) is 2.78. The van der Waals surface area contributed by atoms with Crippen molar-refractivity contribution in [3.8, 4) is 0 Å². The second-order valence-corrected chi connectivity index (χ2v) is 6.03. The highest BCUT2D eigenvalue weighted by Crippen LogP contribution is 2.33. The quantitative estimate of drug-likeness (QED) is 0.719. The summed E-state index contributed by atoms with van der Waals surface area (Å²) in [5.74, 6) is -2.21. The second kappa shape index (κ2) is 7.83. The molecular formula is C17H24F3N. The van der Waals surface area contributed by atoms with Crippen LogP contribution >= 0.6 is 0 Å². The van der Waals surface area contributed by atoms with E-state index in [1.165, 1.54) is 19.3 Å². The maximum Gasteiger partial charge on any atom is 0.161 e. The van der Waals surface area contributed by atoms with E-state index in [9.17, 15) is 13.2 Å². The summed E-state index contributed by atoms with van der Waals surface area (Å²) in [6, 6.07) is 1.44. The van der Waals surface area contributed by atoms with Gasteiger partial charge in [-0.15, -0.1) is 0 Å². The molecule has 0 saturated heterocycles. The summed E-state index contributed by atoms with van der Waals surface area (Å²) >= 11 is 0. The molecule has 0 spiro atoms. The first-order chi connectivity index (χ1) is 10.1. The zero-order chi connectivity index (χ0) is 15.2. The molecule has 0 radical (unpaired) electrons. The lowest BCUT2D eigenvalue weighted by Gasteiger charge is -2.28. The van der Waals surface area contributed by atoms with Crippen LogP contribution in [0.1, 0.15) is 63.5 Å². The Hall–Kier alpha value is -1.03. The molecule has 0 aliphatic heterocycles. The van der Waals surface area contributed by atoms with E-state index < -0.39 is 17.5 Å². The van der Waals surface area contributed by atoms with Crippen LogP contribution in [-0.4, -0.2) is 6.54 Å². The highest BCUT2D eigenvalue weighted by Gasteiger charge is 2.23. The fraction of sp³-hybridized carbons (Fsp3) is 0.647. The van der Waals surface area contributed by atoms with Crippen LogP contribution in [0.5, 0.6) is 0 Å². The maximum absolute atomic E-state index is 14.0. The zero-order valence-corrected chi connectivity index (χ0v) is 12.6. The molecule has 2 rings (SSSR count). The van der Waals surface area contributed by atoms with E-state index in [1.54, 1.807) is 0 Å². The molecule has 1 saturated carbocycles. The molecule has 1 aromatic carbocycles. The fourth-order valence-electron chi connectivity index (χ4n) is 3.20. The molecule has 1 aliphatic carbocycles. The fourth-order valence-corrected chi connectivity index (χ4v) is 3.20. The number of hydrogen-bond acceptors (Lipinski definition) is 1. The molecule has 1 unspecified atom stereocenters. The van der Waals surface area contributed by atoms with Gasteiger partial charge in [-0.3, -0.25) is 0 Å². The van der Waals surface area contributed by atoms with Crippen molar-refractivity contribution < 1.29 is 13.2 Å². The van der Waals surface area contributed by atoms with Gasteiger partial charge in [-0.2, -0.15) is 0 Å². The molecule has 0 heterocycles. The van der Waals surface area contributed by atoms with Crippen molar-refractivity contribution in [3.63, 3.8) is 0 Å². The Morgan fingerprint density at radius 2 is 1.71 bits per heavy atom. The molecule has 1 aliphatic rings. The lowest BCUT2D eigenvalue weighted by Crippen LogP contribution is -2.26. The van der Waals surface area contributed by atoms with Crippen molar-refractivity contribution in [1.29, 1.82) is 0 Å². The summed E-state index contributed by atoms with van der Waals surface area (Å²) < 4.78 is 40.6. The Kier molecular flexibility index (Phi) is 6.09. The highest BCUT2D eigenvalue weighted by molar-refractivity contribution is 5.23. The molecule has 0 aromatic heterocycles. The minimum Gasteiger partial charge on any atom is -0.310 e. The van der Waals surface area contributed by atoms with Crippen LogP contribution < -0.4 is 5.32 Å². The van der Waals surface area contributed by atoms with Gasteiger partial charge in [-0.25, -0.2) is 13.2 Å². The Morgan fingerprint density at radius 1 is 1.05 bits per heavy atom. The van der Waals surface area contributed by atoms with E-state index >= 15 is 0 Å². The first-order valence-corrected chi connectivity index (χ1v) is 7.99. The first kappa shape index (κ1) is 16.3. The average Bonchev–Trinajstić information content (AvgIpc) is 2.48. The maximum atomic E-state index is 14.0. The third-order valence-corrected chi connectivity index (χ3v) is 4.35. The van der Waals surface area contributed by atoms with Gasteiger partial charge in [0.2, 0.25) is 0 Å². The van der Waals surface area contributed by atoms with Gasteiger partial charge in [0.15, 0.2) is 11.6 Å². The highest BCUT2D eigenvalue weighted by atomic mass is 19.2. The van der Waals surface area contributed by atoms with E-state index in [1.807, 2.05) is 6.92 Å². The van der Waals surface area contributed by atoms with Crippen LogP contribution in [0, 0.1) is 23.4 Å². The van der Waals surface area contributed by atoms with Crippen LogP contribution in [0.25, 0.3) is 0 Å². The van der Waals surface area contributed by atoms with Crippen LogP contribution in [0.3, 0.4) is 0 Å². The molecule has 0 bridgehead atoms. The van der Waals surface area contributed by atoms with E-state index in [2.05, 4.69) is 5.32 Å². The third kappa shape index (κ3) is 4.47. The second-order valence-electron chi connectivity index (χ2n) is 6.03. The van der Waals surface area contributed by atoms with Gasteiger partial charge in [-0.05, 0) is 31.4 Å². The lowest BCUT2D eigenvalue weighted by molar-refractivity contribution is 0.296. The number of halogens is 3. The van der Waals surface area contributed by atoms with Gasteiger partial charge in [0.05, 0.1) is 0 Å². The molecule has 1 fully saturated rings. The summed E-state index contributed by atoms with van der Waals surface area (Å²) in [7, 11) is 0. The third-order valence-electron chi connectivity index (χ3n) is 4.35. The Bertz CT molecular complexity index is 456. The van der Waals surface area contributed by atoms with Crippen LogP contribution in [0.15, 0.2) is 12.1 Å². The predicted molar refractivity (Wildman–Crippen MR) is 78.5 cm³/mol. The first-order valence-electron chi connectivity index (χ1n) is 7.99. The average molecular weight is 299 g/mol. The van der Waals surface area contributed by atoms with Gasteiger partial charge in [0, 0.05) is 17.7 Å². The minimum atomic E-state index is -1.12. The normalized spacial score (nSPS) is 17.9. The standard InChI is InChI=1S/C17H24F3N/c1-2-8-21-17(9-12-6-4-3-5-7-12)13-10-15(19)16(20)11-14(13)18/h10-12,17,21H,2-9H2,1H3. The molecule has 4 heteroatoms. The van der Waals surface area contributed by atoms with Crippen molar-refractivity contribution in [2.24, 2.45) is 5.92 Å². The Balaban J connectivity index is 2.16. The van der Waals surface area contributed by atoms with Crippen molar-refractivity contribution in [3.05, 3.63) is 35.1 Å². The molecule has 21 heavy (non-hydrogen) atoms. The number of hydrogen-bond donors (Lipinski definition) is 1. The van der Waals surface area contributed by atoms with E-state index in [4.69, 9.17) is 0 Å². The van der Waals surface area contributed by atoms with Gasteiger partial charge in [-0.1, -0.05) is 39.0 Å². The van der Waals surface area contributed by atoms with Crippen molar-refractivity contribution in [2.75, 3.05) is 6.54 Å². The summed E-state index contributed by atoms with van der Waals surface area (Å²) in [5, 5.41) is 3.29. The van der Waals surface area contributed by atoms with Crippen LogP contribution in [0.4, 0.5) is 13.2 Å². The van der Waals surface area contributed by atoms with E-state index in [0.29, 0.717) is 12.0 Å². The Morgan fingerprint density at radius 3 is 2.38 bits per heavy atom. The molecule has 0 amide bonds. The van der Waals surface area contributed by atoms with E-state index in [-0.39, 0.29) is 11.6 Å². The molecule has 1 N–H and O–H groups in total. The molecule has 118 valence electrons. The van der Waals surface area contributed by atoms with Crippen LogP contribution in [0.2, 0.25) is 0 Å². The van der Waals surface area contributed by atoms with Crippen LogP contribution in [-0.2, 0) is 0 Å². The summed E-state index contributed by atoms with van der Waals surface area (Å²) in [5.41, 5.74) is 0.257. The van der Waals surface area contributed by atoms with Gasteiger partial charge >= 0.3 is 0 Å². The largest absolute Gasteiger partial charge is 0.310 e. The topological polar surface area (TPSA) is 12.0 Å². The summed E-state index contributed by atoms with van der Waals surface area (Å²) in [6.07, 6.45) is 7.71. The van der Waals surface area contributed by atoms with Gasteiger partial charge in [0.1, 0.15) is 5.82 Å². The smallest absolute Gasteiger partial charge is 0.161 e. The molecule has 1 aromatic rings. The van der Waals surface area contributed by atoms with Crippen molar-refractivity contribution >= 4 is 0 Å². The number of nitrogens with one attached hydrogen (secondary N) is 1. The van der Waals surface area contributed by atoms with E-state index in [0.717, 1.165) is 38.3 Å². The monoisotopic (exact) mass is 299 g/mol. The van der Waals surface area contributed by atoms with Gasteiger partial charge in [0.25, 0.3) is 0 Å². The number of rotatable bonds is 6. The van der Waals surface area contributed by atoms with Crippen molar-refractivity contribution in [1.82, 2.24) is 5.32 Å². The molecular weight excluding hydrogens is 275 g/mol. The Labute approximate surface area is 124 Å². The predicted octanol–water partition coefficient (Wildman–Crippen LogP) is 5.12. The van der Waals surface area contributed by atoms with Crippen molar-refractivity contribution in [2.45, 2.75) is 57.9 Å². The molecule has 1 atom stereocenters. The minimum absolute atomic E-state index is 0.233. The molecule has 1 nitrogen and oxygen atoms in total. The lowest BCUT2D eigenvalue weighted by atomic mass is 9.83. The zero-order valence-electron chi connectivity index (χ0n) is 12.6. The van der Waals surface area contributed by atoms with Gasteiger partial charge < -0.3 is 5.32 Å². The SMILES string of the molecule is CCCNC(CC1CCCCC1)c1cc(F)c(F)cc1F. The summed E-state index contributed by atoms with van der Waals surface area (Å²) in [4.78, 5) is 0.